The maximum Gasteiger partial charge on any atom is 0.339 e. The monoisotopic (exact) mass is 636 g/mol. The van der Waals surface area contributed by atoms with E-state index in [9.17, 15) is 35.4 Å². The van der Waals surface area contributed by atoms with Crippen LogP contribution in [-0.4, -0.2) is 110 Å². The van der Waals surface area contributed by atoms with Gasteiger partial charge in [-0.15, -0.1) is 0 Å². The smallest absolute Gasteiger partial charge is 0.339 e. The molecule has 0 amide bonds. The molecule has 0 spiro atoms. The Labute approximate surface area is 269 Å². The second-order valence-electron chi connectivity index (χ2n) is 12.1. The van der Waals surface area contributed by atoms with Crippen LogP contribution >= 0.6 is 0 Å². The fraction of sp³-hybridized carbons (Fsp3) is 0.441. The molecule has 1 aliphatic heterocycles. The van der Waals surface area contributed by atoms with E-state index in [0.717, 1.165) is 11.1 Å². The molecule has 1 aliphatic rings. The molecule has 3 aromatic rings. The third-order valence-corrected chi connectivity index (χ3v) is 8.26. The summed E-state index contributed by atoms with van der Waals surface area (Å²) in [6.45, 7) is -0.762. The molecule has 6 N–H and O–H groups in total. The van der Waals surface area contributed by atoms with Crippen molar-refractivity contribution in [3.8, 4) is 16.9 Å². The predicted octanol–water partition coefficient (Wildman–Crippen LogP) is 1.54. The Morgan fingerprint density at radius 3 is 1.85 bits per heavy atom. The van der Waals surface area contributed by atoms with Gasteiger partial charge in [0.1, 0.15) is 13.6 Å². The number of rotatable bonds is 16. The van der Waals surface area contributed by atoms with E-state index < -0.39 is 61.9 Å². The van der Waals surface area contributed by atoms with Gasteiger partial charge in [-0.2, -0.15) is 0 Å². The van der Waals surface area contributed by atoms with Gasteiger partial charge in [0.05, 0.1) is 95.1 Å². The largest absolute Gasteiger partial charge is 0.492 e. The highest BCUT2D eigenvalue weighted by atomic mass is 16.5. The Hall–Kier alpha value is -3.33. The third-order valence-electron chi connectivity index (χ3n) is 8.26. The molecule has 46 heavy (non-hydrogen) atoms. The van der Waals surface area contributed by atoms with Crippen LogP contribution in [0.4, 0.5) is 0 Å². The number of fused-ring (bicyclic) bond motifs is 3. The number of methoxy groups -OCH3 is 1. The number of carbonyl (C=O) groups excluding carboxylic acids is 1. The highest BCUT2D eigenvalue weighted by Crippen LogP contribution is 2.46. The minimum atomic E-state index is -1.18. The van der Waals surface area contributed by atoms with Crippen molar-refractivity contribution < 1.29 is 54.4 Å². The molecule has 0 bridgehead atoms. The normalized spacial score (nSPS) is 16.3. The molecule has 3 aromatic carbocycles. The van der Waals surface area contributed by atoms with Crippen molar-refractivity contribution in [3.05, 3.63) is 70.8 Å². The van der Waals surface area contributed by atoms with Gasteiger partial charge in [0.25, 0.3) is 0 Å². The Kier molecular flexibility index (Phi) is 11.6. The molecule has 1 unspecified atom stereocenters. The van der Waals surface area contributed by atoms with Gasteiger partial charge < -0.3 is 49.6 Å². The molecule has 0 fully saturated rings. The molecule has 11 nitrogen and oxygen atoms in total. The summed E-state index contributed by atoms with van der Waals surface area (Å²) < 4.78 is 22.9. The lowest BCUT2D eigenvalue weighted by molar-refractivity contribution is -0.0623. The molecule has 12 heteroatoms. The summed E-state index contributed by atoms with van der Waals surface area (Å²) in [4.78, 5) is 13.4. The van der Waals surface area contributed by atoms with Crippen LogP contribution in [0.3, 0.4) is 0 Å². The van der Waals surface area contributed by atoms with Crippen molar-refractivity contribution in [1.29, 1.82) is 0 Å². The Balaban J connectivity index is 1.76. The van der Waals surface area contributed by atoms with Crippen LogP contribution in [0.15, 0.2) is 48.5 Å². The van der Waals surface area contributed by atoms with Crippen molar-refractivity contribution >= 4 is 30.7 Å². The van der Waals surface area contributed by atoms with Crippen molar-refractivity contribution in [2.45, 2.75) is 25.6 Å². The van der Waals surface area contributed by atoms with Crippen LogP contribution in [0.25, 0.3) is 28.0 Å². The van der Waals surface area contributed by atoms with Crippen molar-refractivity contribution in [2.75, 3.05) is 60.0 Å². The number of ether oxygens (including phenoxy) is 4. The first-order valence-electron chi connectivity index (χ1n) is 14.8. The molecular weight excluding hydrogens is 595 g/mol. The molecule has 246 valence electrons. The number of hydrogen-bond acceptors (Lipinski definition) is 11. The van der Waals surface area contributed by atoms with Gasteiger partial charge in [0, 0.05) is 16.5 Å². The molecule has 0 saturated carbocycles. The van der Waals surface area contributed by atoms with Gasteiger partial charge in [-0.1, -0.05) is 48.6 Å². The second kappa shape index (κ2) is 15.1. The van der Waals surface area contributed by atoms with Crippen molar-refractivity contribution in [3.63, 3.8) is 0 Å². The summed E-state index contributed by atoms with van der Waals surface area (Å²) in [7, 11) is 7.65. The van der Waals surface area contributed by atoms with Gasteiger partial charge >= 0.3 is 5.97 Å². The lowest BCUT2D eigenvalue weighted by Crippen LogP contribution is -2.38. The quantitative estimate of drug-likeness (QED) is 0.0994. The van der Waals surface area contributed by atoms with Crippen LogP contribution in [0.2, 0.25) is 0 Å². The van der Waals surface area contributed by atoms with E-state index in [1.807, 2.05) is 42.5 Å². The maximum absolute atomic E-state index is 13.4. The molecular formula is C34H41BO11. The van der Waals surface area contributed by atoms with E-state index in [-0.39, 0.29) is 26.4 Å². The second-order valence-corrected chi connectivity index (χ2v) is 12.1. The Morgan fingerprint density at radius 2 is 1.33 bits per heavy atom. The first-order chi connectivity index (χ1) is 22.0. The highest BCUT2D eigenvalue weighted by Gasteiger charge is 2.32. The van der Waals surface area contributed by atoms with Crippen LogP contribution in [0.1, 0.15) is 34.0 Å². The molecule has 2 radical (unpaired) electrons. The van der Waals surface area contributed by atoms with Gasteiger partial charge in [-0.25, -0.2) is 4.79 Å². The zero-order chi connectivity index (χ0) is 33.5. The third kappa shape index (κ3) is 7.45. The van der Waals surface area contributed by atoms with E-state index in [1.54, 1.807) is 19.1 Å². The van der Waals surface area contributed by atoms with E-state index in [0.29, 0.717) is 38.8 Å². The Bertz CT molecular complexity index is 1510. The van der Waals surface area contributed by atoms with Crippen molar-refractivity contribution in [1.82, 2.24) is 0 Å². The lowest BCUT2D eigenvalue weighted by atomic mass is 9.79. The summed E-state index contributed by atoms with van der Waals surface area (Å²) in [6, 6.07) is 12.9. The summed E-state index contributed by atoms with van der Waals surface area (Å²) in [5.74, 6) is -0.169. The van der Waals surface area contributed by atoms with Crippen LogP contribution in [-0.2, 0) is 27.4 Å². The number of esters is 1. The SMILES string of the molecule is [B]C1(C)C=Cc2c(C(=O)OC)c(-c3ccc(COCC(CO)(CO)CO)cc3)c3ccc(COCC(CO)(CO)CO)cc3c2O1. The van der Waals surface area contributed by atoms with E-state index in [4.69, 9.17) is 26.8 Å². The number of carbonyl (C=O) groups is 1. The number of benzene rings is 3. The molecule has 0 aromatic heterocycles. The van der Waals surface area contributed by atoms with Gasteiger partial charge in [-0.05, 0) is 35.1 Å². The fourth-order valence-corrected chi connectivity index (χ4v) is 5.11. The van der Waals surface area contributed by atoms with Gasteiger partial charge in [0.2, 0.25) is 0 Å². The number of hydrogen-bond donors (Lipinski definition) is 6. The maximum atomic E-state index is 13.4. The molecule has 1 atom stereocenters. The average molecular weight is 637 g/mol. The Morgan fingerprint density at radius 1 is 0.804 bits per heavy atom. The standard InChI is InChI=1S/C34H41BO11/c1-32(35)10-9-26-29(31(42)43-2)28(24-6-3-22(4-7-24)12-44-20-33(14-36,15-37)16-38)25-8-5-23(11-27(25)30(26)46-32)13-45-21-34(17-39,18-40)19-41/h3-11,36-41H,12-21H2,1-2H3. The van der Waals surface area contributed by atoms with Gasteiger partial charge in [-0.3, -0.25) is 0 Å². The van der Waals surface area contributed by atoms with Crippen LogP contribution in [0, 0.1) is 10.8 Å². The number of aliphatic hydroxyl groups is 6. The summed E-state index contributed by atoms with van der Waals surface area (Å²) in [5, 5.41) is 59.0. The highest BCUT2D eigenvalue weighted by molar-refractivity contribution is 6.19. The summed E-state index contributed by atoms with van der Waals surface area (Å²) in [5.41, 5.74) is 0.173. The zero-order valence-electron chi connectivity index (χ0n) is 26.1. The molecule has 0 aliphatic carbocycles. The first kappa shape index (κ1) is 35.5. The summed E-state index contributed by atoms with van der Waals surface area (Å²) in [6.07, 6.45) is 3.40. The predicted molar refractivity (Wildman–Crippen MR) is 171 cm³/mol. The average Bonchev–Trinajstić information content (AvgIpc) is 3.08. The summed E-state index contributed by atoms with van der Waals surface area (Å²) >= 11 is 0. The van der Waals surface area contributed by atoms with Crippen LogP contribution < -0.4 is 4.74 Å². The lowest BCUT2D eigenvalue weighted by Gasteiger charge is -2.31. The molecule has 4 rings (SSSR count). The molecule has 0 saturated heterocycles. The van der Waals surface area contributed by atoms with E-state index >= 15 is 0 Å². The van der Waals surface area contributed by atoms with Crippen molar-refractivity contribution in [2.24, 2.45) is 10.8 Å². The molecule has 1 heterocycles. The topological polar surface area (TPSA) is 175 Å². The van der Waals surface area contributed by atoms with Crippen LogP contribution in [0.5, 0.6) is 5.75 Å². The minimum absolute atomic E-state index is 0.0420. The van der Waals surface area contributed by atoms with E-state index in [2.05, 4.69) is 0 Å². The first-order valence-corrected chi connectivity index (χ1v) is 14.8. The minimum Gasteiger partial charge on any atom is -0.492 e. The number of aliphatic hydroxyl groups excluding tert-OH is 6. The van der Waals surface area contributed by atoms with Gasteiger partial charge in [0.15, 0.2) is 0 Å². The van der Waals surface area contributed by atoms with E-state index in [1.165, 1.54) is 7.11 Å². The zero-order valence-corrected chi connectivity index (χ0v) is 26.1. The fourth-order valence-electron chi connectivity index (χ4n) is 5.11.